The highest BCUT2D eigenvalue weighted by Crippen LogP contribution is 2.35. The molecule has 20 heavy (non-hydrogen) atoms. The fourth-order valence-electron chi connectivity index (χ4n) is 2.53. The molecule has 0 aliphatic rings. The van der Waals surface area contributed by atoms with Crippen molar-refractivity contribution in [2.24, 2.45) is 0 Å². The molecule has 0 amide bonds. The topological polar surface area (TPSA) is 0 Å². The van der Waals surface area contributed by atoms with Gasteiger partial charge in [0.15, 0.2) is 0 Å². The highest BCUT2D eigenvalue weighted by molar-refractivity contribution is 9.10. The highest BCUT2D eigenvalue weighted by atomic mass is 79.9. The summed E-state index contributed by atoms with van der Waals surface area (Å²) in [4.78, 5) is 0. The Morgan fingerprint density at radius 3 is 2.20 bits per heavy atom. The van der Waals surface area contributed by atoms with Gasteiger partial charge in [0.05, 0.1) is 0 Å². The van der Waals surface area contributed by atoms with Crippen molar-refractivity contribution in [3.8, 4) is 0 Å². The molecule has 1 aromatic rings. The van der Waals surface area contributed by atoms with Gasteiger partial charge in [-0.15, -0.1) is 0 Å². The summed E-state index contributed by atoms with van der Waals surface area (Å²) in [7, 11) is 0. The van der Waals surface area contributed by atoms with E-state index in [9.17, 15) is 0 Å². The van der Waals surface area contributed by atoms with Crippen LogP contribution in [0.2, 0.25) is 0 Å². The van der Waals surface area contributed by atoms with Gasteiger partial charge >= 0.3 is 0 Å². The van der Waals surface area contributed by atoms with Gasteiger partial charge in [-0.2, -0.15) is 0 Å². The maximum Gasteiger partial charge on any atom is 0.0178 e. The average molecular weight is 469 g/mol. The molecular weight excluding hydrogens is 444 g/mol. The number of halogens is 3. The minimum Gasteiger partial charge on any atom is -0.0918 e. The molecular formula is C17H25Br3. The van der Waals surface area contributed by atoms with Gasteiger partial charge in [0.2, 0.25) is 0 Å². The van der Waals surface area contributed by atoms with Crippen LogP contribution in [0.5, 0.6) is 0 Å². The van der Waals surface area contributed by atoms with E-state index in [1.807, 2.05) is 0 Å². The molecule has 114 valence electrons. The molecule has 0 aliphatic carbocycles. The van der Waals surface area contributed by atoms with Gasteiger partial charge in [0, 0.05) is 20.5 Å². The number of hydrogen-bond acceptors (Lipinski definition) is 0. The zero-order valence-corrected chi connectivity index (χ0v) is 17.1. The molecule has 0 saturated carbocycles. The third-order valence-corrected chi connectivity index (χ3v) is 6.60. The largest absolute Gasteiger partial charge is 0.0918 e. The smallest absolute Gasteiger partial charge is 0.0178 e. The fraction of sp³-hybridized carbons (Fsp3) is 0.647. The van der Waals surface area contributed by atoms with Gasteiger partial charge in [-0.3, -0.25) is 0 Å². The predicted molar refractivity (Wildman–Crippen MR) is 101 cm³/mol. The van der Waals surface area contributed by atoms with E-state index in [-0.39, 0.29) is 5.41 Å². The van der Waals surface area contributed by atoms with Crippen LogP contribution >= 0.6 is 47.8 Å². The second-order valence-electron chi connectivity index (χ2n) is 5.58. The lowest BCUT2D eigenvalue weighted by Crippen LogP contribution is -2.30. The molecule has 0 aliphatic heterocycles. The Labute approximate surface area is 149 Å². The second-order valence-corrected chi connectivity index (χ2v) is 7.61. The molecule has 3 heteroatoms. The summed E-state index contributed by atoms with van der Waals surface area (Å²) in [5, 5.41) is 2.02. The first kappa shape index (κ1) is 18.7. The van der Waals surface area contributed by atoms with Crippen LogP contribution in [0.15, 0.2) is 28.7 Å². The summed E-state index contributed by atoms with van der Waals surface area (Å²) in [6, 6.07) is 8.76. The van der Waals surface area contributed by atoms with E-state index >= 15 is 0 Å². The first-order chi connectivity index (χ1) is 9.68. The summed E-state index contributed by atoms with van der Waals surface area (Å²) in [5.41, 5.74) is 1.64. The summed E-state index contributed by atoms with van der Waals surface area (Å²) in [5.74, 6) is 0. The van der Waals surface area contributed by atoms with E-state index in [2.05, 4.69) is 79.0 Å². The molecule has 0 saturated heterocycles. The van der Waals surface area contributed by atoms with Crippen LogP contribution in [0, 0.1) is 0 Å². The fourth-order valence-corrected chi connectivity index (χ4v) is 5.07. The van der Waals surface area contributed by atoms with Crippen molar-refractivity contribution in [1.29, 1.82) is 0 Å². The molecule has 0 fully saturated rings. The van der Waals surface area contributed by atoms with Crippen molar-refractivity contribution in [3.05, 3.63) is 34.3 Å². The average Bonchev–Trinajstić information content (AvgIpc) is 2.47. The van der Waals surface area contributed by atoms with Crippen LogP contribution in [-0.4, -0.2) is 10.7 Å². The van der Waals surface area contributed by atoms with Gasteiger partial charge in [0.25, 0.3) is 0 Å². The second kappa shape index (κ2) is 10.4. The minimum atomic E-state index is 0.217. The molecule has 0 unspecified atom stereocenters. The van der Waals surface area contributed by atoms with Crippen molar-refractivity contribution >= 4 is 47.8 Å². The lowest BCUT2D eigenvalue weighted by atomic mass is 9.80. The standard InChI is InChI=1S/C17H25Br3/c1-2-3-4-5-6-7-11-17(13-18,14-19)15-9-8-10-16(20)12-15/h8-10,12H,2-7,11,13-14H2,1H3. The van der Waals surface area contributed by atoms with Crippen LogP contribution in [0.25, 0.3) is 0 Å². The van der Waals surface area contributed by atoms with Gasteiger partial charge in [-0.25, -0.2) is 0 Å². The van der Waals surface area contributed by atoms with Gasteiger partial charge in [-0.1, -0.05) is 105 Å². The molecule has 0 heterocycles. The molecule has 0 nitrogen and oxygen atoms in total. The van der Waals surface area contributed by atoms with Crippen LogP contribution in [0.3, 0.4) is 0 Å². The van der Waals surface area contributed by atoms with Crippen molar-refractivity contribution in [2.45, 2.75) is 57.3 Å². The molecule has 0 aromatic heterocycles. The number of rotatable bonds is 10. The zero-order chi connectivity index (χ0) is 14.8. The zero-order valence-electron chi connectivity index (χ0n) is 12.3. The Morgan fingerprint density at radius 2 is 1.60 bits per heavy atom. The number of unbranched alkanes of at least 4 members (excludes halogenated alkanes) is 5. The van der Waals surface area contributed by atoms with E-state index < -0.39 is 0 Å². The normalized spacial score (nSPS) is 11.8. The maximum absolute atomic E-state index is 3.74. The summed E-state index contributed by atoms with van der Waals surface area (Å²) >= 11 is 11.1. The molecule has 0 N–H and O–H groups in total. The Balaban J connectivity index is 2.58. The van der Waals surface area contributed by atoms with Crippen LogP contribution in [0.1, 0.15) is 57.4 Å². The number of hydrogen-bond donors (Lipinski definition) is 0. The molecule has 0 bridgehead atoms. The minimum absolute atomic E-state index is 0.217. The molecule has 0 radical (unpaired) electrons. The van der Waals surface area contributed by atoms with Crippen LogP contribution in [0.4, 0.5) is 0 Å². The SMILES string of the molecule is CCCCCCCCC(CBr)(CBr)c1cccc(Br)c1. The van der Waals surface area contributed by atoms with E-state index in [0.29, 0.717) is 0 Å². The van der Waals surface area contributed by atoms with Crippen molar-refractivity contribution in [2.75, 3.05) is 10.7 Å². The molecule has 1 aromatic carbocycles. The van der Waals surface area contributed by atoms with E-state index in [4.69, 9.17) is 0 Å². The lowest BCUT2D eigenvalue weighted by Gasteiger charge is -2.31. The molecule has 1 rings (SSSR count). The summed E-state index contributed by atoms with van der Waals surface area (Å²) in [6.07, 6.45) is 9.39. The highest BCUT2D eigenvalue weighted by Gasteiger charge is 2.29. The van der Waals surface area contributed by atoms with E-state index in [0.717, 1.165) is 10.7 Å². The lowest BCUT2D eigenvalue weighted by molar-refractivity contribution is 0.461. The third-order valence-electron chi connectivity index (χ3n) is 3.96. The quantitative estimate of drug-likeness (QED) is 0.251. The predicted octanol–water partition coefficient (Wildman–Crippen LogP) is 7.23. The monoisotopic (exact) mass is 466 g/mol. The Morgan fingerprint density at radius 1 is 0.950 bits per heavy atom. The third kappa shape index (κ3) is 5.81. The molecule has 0 atom stereocenters. The van der Waals surface area contributed by atoms with Crippen molar-refractivity contribution in [1.82, 2.24) is 0 Å². The summed E-state index contributed by atoms with van der Waals surface area (Å²) in [6.45, 7) is 2.27. The van der Waals surface area contributed by atoms with Crippen LogP contribution < -0.4 is 0 Å². The van der Waals surface area contributed by atoms with E-state index in [1.54, 1.807) is 0 Å². The van der Waals surface area contributed by atoms with Gasteiger partial charge in [0.1, 0.15) is 0 Å². The Hall–Kier alpha value is 0.660. The Kier molecular flexibility index (Phi) is 9.73. The number of benzene rings is 1. The van der Waals surface area contributed by atoms with Crippen molar-refractivity contribution in [3.63, 3.8) is 0 Å². The Bertz CT molecular complexity index is 372. The first-order valence-corrected chi connectivity index (χ1v) is 10.6. The van der Waals surface area contributed by atoms with Crippen LogP contribution in [-0.2, 0) is 5.41 Å². The first-order valence-electron chi connectivity index (χ1n) is 7.56. The number of alkyl halides is 2. The van der Waals surface area contributed by atoms with Gasteiger partial charge < -0.3 is 0 Å². The van der Waals surface area contributed by atoms with Crippen molar-refractivity contribution < 1.29 is 0 Å². The molecule has 0 spiro atoms. The van der Waals surface area contributed by atoms with Gasteiger partial charge in [-0.05, 0) is 24.1 Å². The summed E-state index contributed by atoms with van der Waals surface area (Å²) < 4.78 is 1.17. The van der Waals surface area contributed by atoms with E-state index in [1.165, 1.54) is 55.0 Å². The maximum atomic E-state index is 3.74.